The minimum atomic E-state index is -0.518. The van der Waals surface area contributed by atoms with Crippen LogP contribution in [0.4, 0.5) is 0 Å². The molecule has 0 bridgehead atoms. The van der Waals surface area contributed by atoms with Crippen molar-refractivity contribution >= 4 is 11.8 Å². The number of nitrogens with zero attached hydrogens (tertiary/aromatic N) is 4. The molecule has 0 spiro atoms. The lowest BCUT2D eigenvalue weighted by atomic mass is 10.1. The molecular formula is C18H16N4O3. The highest BCUT2D eigenvalue weighted by Crippen LogP contribution is 2.32. The van der Waals surface area contributed by atoms with Gasteiger partial charge < -0.3 is 13.9 Å². The lowest BCUT2D eigenvalue weighted by Gasteiger charge is -2.12. The number of Topliss-reactive ketones (excluding diaryl/α,β-unsaturated/α-hetero) is 1. The highest BCUT2D eigenvalue weighted by atomic mass is 16.5. The number of imidazole rings is 2. The van der Waals surface area contributed by atoms with E-state index >= 15 is 0 Å². The first-order chi connectivity index (χ1) is 12.2. The van der Waals surface area contributed by atoms with E-state index in [0.29, 0.717) is 12.0 Å². The molecule has 1 aliphatic carbocycles. The van der Waals surface area contributed by atoms with Gasteiger partial charge in [0.1, 0.15) is 6.04 Å². The number of rotatable bonds is 4. The smallest absolute Gasteiger partial charge is 0.374 e. The predicted molar refractivity (Wildman–Crippen MR) is 88.8 cm³/mol. The van der Waals surface area contributed by atoms with Crippen LogP contribution < -0.4 is 0 Å². The SMILES string of the molecule is CCOC(=O)c1nccn1C1Cc2cc(-n3ccnc3)ccc2C1=O. The van der Waals surface area contributed by atoms with Gasteiger partial charge in [-0.1, -0.05) is 0 Å². The standard InChI is InChI=1S/C18H16N4O3/c1-2-25-18(24)17-20-6-8-22(17)15-10-12-9-13(21-7-5-19-11-21)3-4-14(12)16(15)23/h3-9,11,15H,2,10H2,1H3. The minimum absolute atomic E-state index is 0.0178. The van der Waals surface area contributed by atoms with Crippen molar-refractivity contribution in [1.29, 1.82) is 0 Å². The summed E-state index contributed by atoms with van der Waals surface area (Å²) in [6, 6.07) is 5.22. The van der Waals surface area contributed by atoms with Crippen LogP contribution in [0.2, 0.25) is 0 Å². The van der Waals surface area contributed by atoms with Gasteiger partial charge in [0.15, 0.2) is 5.78 Å². The largest absolute Gasteiger partial charge is 0.460 e. The van der Waals surface area contributed by atoms with Crippen molar-refractivity contribution in [2.45, 2.75) is 19.4 Å². The first-order valence-corrected chi connectivity index (χ1v) is 8.04. The summed E-state index contributed by atoms with van der Waals surface area (Å²) < 4.78 is 8.52. The highest BCUT2D eigenvalue weighted by Gasteiger charge is 2.34. The Morgan fingerprint density at radius 2 is 2.20 bits per heavy atom. The van der Waals surface area contributed by atoms with Gasteiger partial charge in [-0.05, 0) is 30.7 Å². The number of ether oxygens (including phenoxy) is 1. The maximum absolute atomic E-state index is 12.8. The predicted octanol–water partition coefficient (Wildman–Crippen LogP) is 2.23. The lowest BCUT2D eigenvalue weighted by Crippen LogP contribution is -2.21. The molecular weight excluding hydrogens is 320 g/mol. The van der Waals surface area contributed by atoms with Gasteiger partial charge in [-0.15, -0.1) is 0 Å². The van der Waals surface area contributed by atoms with E-state index in [-0.39, 0.29) is 18.2 Å². The number of benzene rings is 1. The third-order valence-electron chi connectivity index (χ3n) is 4.34. The van der Waals surface area contributed by atoms with Crippen LogP contribution >= 0.6 is 0 Å². The Morgan fingerprint density at radius 1 is 1.32 bits per heavy atom. The van der Waals surface area contributed by atoms with E-state index in [2.05, 4.69) is 9.97 Å². The van der Waals surface area contributed by atoms with Crippen LogP contribution in [0, 0.1) is 0 Å². The topological polar surface area (TPSA) is 79.0 Å². The average molecular weight is 336 g/mol. The van der Waals surface area contributed by atoms with Crippen LogP contribution in [-0.4, -0.2) is 37.5 Å². The molecule has 4 rings (SSSR count). The second kappa shape index (κ2) is 6.01. The maximum atomic E-state index is 12.8. The third kappa shape index (κ3) is 2.53. The Balaban J connectivity index is 1.67. The van der Waals surface area contributed by atoms with Crippen molar-refractivity contribution in [3.05, 3.63) is 66.3 Å². The van der Waals surface area contributed by atoms with Crippen LogP contribution in [0.25, 0.3) is 5.69 Å². The zero-order valence-electron chi connectivity index (χ0n) is 13.6. The zero-order valence-corrected chi connectivity index (χ0v) is 13.6. The second-order valence-corrected chi connectivity index (χ2v) is 5.77. The summed E-state index contributed by atoms with van der Waals surface area (Å²) in [5, 5.41) is 0. The molecule has 0 amide bonds. The molecule has 0 aliphatic heterocycles. The van der Waals surface area contributed by atoms with E-state index in [9.17, 15) is 9.59 Å². The average Bonchev–Trinajstić information content (AvgIpc) is 3.35. The Hall–Kier alpha value is -3.22. The van der Waals surface area contributed by atoms with E-state index in [4.69, 9.17) is 4.74 Å². The van der Waals surface area contributed by atoms with E-state index in [1.807, 2.05) is 29.0 Å². The van der Waals surface area contributed by atoms with E-state index in [1.165, 1.54) is 6.20 Å². The lowest BCUT2D eigenvalue weighted by molar-refractivity contribution is 0.0504. The fraction of sp³-hybridized carbons (Fsp3) is 0.222. The van der Waals surface area contributed by atoms with Gasteiger partial charge in [0, 0.05) is 42.5 Å². The molecule has 0 N–H and O–H groups in total. The first-order valence-electron chi connectivity index (χ1n) is 8.04. The summed E-state index contributed by atoms with van der Waals surface area (Å²) in [7, 11) is 0. The molecule has 7 nitrogen and oxygen atoms in total. The van der Waals surface area contributed by atoms with E-state index in [0.717, 1.165) is 11.3 Å². The van der Waals surface area contributed by atoms with E-state index in [1.54, 1.807) is 30.2 Å². The number of aromatic nitrogens is 4. The summed E-state index contributed by atoms with van der Waals surface area (Å²) in [6.45, 7) is 2.00. The molecule has 0 saturated carbocycles. The quantitative estimate of drug-likeness (QED) is 0.683. The normalized spacial score (nSPS) is 16.0. The van der Waals surface area contributed by atoms with Crippen LogP contribution in [-0.2, 0) is 11.2 Å². The molecule has 1 atom stereocenters. The van der Waals surface area contributed by atoms with Gasteiger partial charge >= 0.3 is 5.97 Å². The fourth-order valence-electron chi connectivity index (χ4n) is 3.19. The molecule has 1 unspecified atom stereocenters. The van der Waals surface area contributed by atoms with Gasteiger partial charge in [0.2, 0.25) is 5.82 Å². The first kappa shape index (κ1) is 15.3. The number of hydrogen-bond donors (Lipinski definition) is 0. The van der Waals surface area contributed by atoms with Crippen molar-refractivity contribution in [3.8, 4) is 5.69 Å². The van der Waals surface area contributed by atoms with Crippen molar-refractivity contribution in [2.75, 3.05) is 6.61 Å². The molecule has 126 valence electrons. The zero-order chi connectivity index (χ0) is 17.4. The maximum Gasteiger partial charge on any atom is 0.374 e. The van der Waals surface area contributed by atoms with Crippen LogP contribution in [0.3, 0.4) is 0 Å². The van der Waals surface area contributed by atoms with Gasteiger partial charge in [-0.25, -0.2) is 14.8 Å². The Labute approximate surface area is 143 Å². The summed E-state index contributed by atoms with van der Waals surface area (Å²) in [6.07, 6.45) is 8.95. The number of ketones is 1. The fourth-order valence-corrected chi connectivity index (χ4v) is 3.19. The molecule has 2 aromatic heterocycles. The van der Waals surface area contributed by atoms with Gasteiger partial charge in [0.05, 0.1) is 12.9 Å². The molecule has 0 fully saturated rings. The molecule has 0 radical (unpaired) electrons. The minimum Gasteiger partial charge on any atom is -0.460 e. The molecule has 0 saturated heterocycles. The van der Waals surface area contributed by atoms with Gasteiger partial charge in [0.25, 0.3) is 0 Å². The number of carbonyl (C=O) groups is 2. The van der Waals surface area contributed by atoms with E-state index < -0.39 is 12.0 Å². The van der Waals surface area contributed by atoms with Gasteiger partial charge in [-0.3, -0.25) is 4.79 Å². The summed E-state index contributed by atoms with van der Waals surface area (Å²) in [4.78, 5) is 33.0. The molecule has 7 heteroatoms. The number of hydrogen-bond acceptors (Lipinski definition) is 5. The molecule has 3 aromatic rings. The number of fused-ring (bicyclic) bond motifs is 1. The second-order valence-electron chi connectivity index (χ2n) is 5.77. The molecule has 1 aromatic carbocycles. The molecule has 2 heterocycles. The van der Waals surface area contributed by atoms with Crippen molar-refractivity contribution in [1.82, 2.24) is 19.1 Å². The Morgan fingerprint density at radius 3 is 2.96 bits per heavy atom. The number of esters is 1. The van der Waals surface area contributed by atoms with Crippen LogP contribution in [0.1, 0.15) is 39.5 Å². The monoisotopic (exact) mass is 336 g/mol. The van der Waals surface area contributed by atoms with Crippen molar-refractivity contribution in [2.24, 2.45) is 0 Å². The molecule has 1 aliphatic rings. The third-order valence-corrected chi connectivity index (χ3v) is 4.34. The van der Waals surface area contributed by atoms with Crippen molar-refractivity contribution < 1.29 is 14.3 Å². The highest BCUT2D eigenvalue weighted by molar-refractivity contribution is 6.04. The summed E-state index contributed by atoms with van der Waals surface area (Å²) >= 11 is 0. The molecule has 25 heavy (non-hydrogen) atoms. The number of carbonyl (C=O) groups excluding carboxylic acids is 2. The summed E-state index contributed by atoms with van der Waals surface area (Å²) in [5.41, 5.74) is 2.57. The van der Waals surface area contributed by atoms with Crippen LogP contribution in [0.15, 0.2) is 49.3 Å². The Kier molecular flexibility index (Phi) is 3.68. The summed E-state index contributed by atoms with van der Waals surface area (Å²) in [5.74, 6) is -0.381. The van der Waals surface area contributed by atoms with Crippen molar-refractivity contribution in [3.63, 3.8) is 0 Å². The van der Waals surface area contributed by atoms with Gasteiger partial charge in [-0.2, -0.15) is 0 Å². The Bertz CT molecular complexity index is 943. The van der Waals surface area contributed by atoms with Crippen LogP contribution in [0.5, 0.6) is 0 Å².